The van der Waals surface area contributed by atoms with Crippen LogP contribution in [0.1, 0.15) is 38.1 Å². The first-order valence-electron chi connectivity index (χ1n) is 5.09. The van der Waals surface area contributed by atoms with Crippen molar-refractivity contribution in [1.82, 2.24) is 9.55 Å². The first kappa shape index (κ1) is 9.68. The number of imidazole rings is 1. The SMILES string of the molecule is CC(C)n1cncc1C1OCCC1N. The summed E-state index contributed by atoms with van der Waals surface area (Å²) in [5.74, 6) is 0. The lowest BCUT2D eigenvalue weighted by molar-refractivity contribution is 0.0976. The molecule has 2 N–H and O–H groups in total. The predicted molar refractivity (Wildman–Crippen MR) is 53.9 cm³/mol. The van der Waals surface area contributed by atoms with E-state index in [9.17, 15) is 0 Å². The fourth-order valence-corrected chi connectivity index (χ4v) is 1.88. The van der Waals surface area contributed by atoms with Gasteiger partial charge in [-0.3, -0.25) is 0 Å². The van der Waals surface area contributed by atoms with Gasteiger partial charge in [0.1, 0.15) is 6.10 Å². The van der Waals surface area contributed by atoms with Crippen LogP contribution in [-0.4, -0.2) is 22.2 Å². The fraction of sp³-hybridized carbons (Fsp3) is 0.700. The number of ether oxygens (including phenoxy) is 1. The lowest BCUT2D eigenvalue weighted by atomic mass is 10.1. The largest absolute Gasteiger partial charge is 0.370 e. The van der Waals surface area contributed by atoms with Gasteiger partial charge in [0.25, 0.3) is 0 Å². The van der Waals surface area contributed by atoms with Gasteiger partial charge >= 0.3 is 0 Å². The molecule has 4 heteroatoms. The van der Waals surface area contributed by atoms with Crippen LogP contribution in [0.5, 0.6) is 0 Å². The first-order chi connectivity index (χ1) is 6.70. The van der Waals surface area contributed by atoms with Crippen molar-refractivity contribution < 1.29 is 4.74 Å². The van der Waals surface area contributed by atoms with Crippen LogP contribution < -0.4 is 5.73 Å². The maximum absolute atomic E-state index is 5.97. The molecule has 0 bridgehead atoms. The van der Waals surface area contributed by atoms with Crippen molar-refractivity contribution in [1.29, 1.82) is 0 Å². The zero-order valence-electron chi connectivity index (χ0n) is 8.68. The molecule has 1 aliphatic heterocycles. The van der Waals surface area contributed by atoms with Crippen molar-refractivity contribution in [2.24, 2.45) is 5.73 Å². The molecule has 1 saturated heterocycles. The fourth-order valence-electron chi connectivity index (χ4n) is 1.88. The lowest BCUT2D eigenvalue weighted by Crippen LogP contribution is -2.25. The zero-order valence-corrected chi connectivity index (χ0v) is 8.68. The van der Waals surface area contributed by atoms with Gasteiger partial charge in [-0.15, -0.1) is 0 Å². The molecule has 0 aromatic carbocycles. The Kier molecular flexibility index (Phi) is 2.56. The van der Waals surface area contributed by atoms with Gasteiger partial charge in [0.05, 0.1) is 18.2 Å². The summed E-state index contributed by atoms with van der Waals surface area (Å²) in [6, 6.07) is 0.521. The number of aromatic nitrogens is 2. The predicted octanol–water partition coefficient (Wildman–Crippen LogP) is 1.25. The van der Waals surface area contributed by atoms with Gasteiger partial charge in [-0.1, -0.05) is 0 Å². The second-order valence-corrected chi connectivity index (χ2v) is 4.06. The first-order valence-corrected chi connectivity index (χ1v) is 5.09. The van der Waals surface area contributed by atoms with E-state index in [2.05, 4.69) is 23.4 Å². The normalized spacial score (nSPS) is 27.4. The molecule has 1 aromatic rings. The minimum Gasteiger partial charge on any atom is -0.370 e. The third kappa shape index (κ3) is 1.55. The van der Waals surface area contributed by atoms with Crippen LogP contribution in [0, 0.1) is 0 Å². The van der Waals surface area contributed by atoms with E-state index < -0.39 is 0 Å². The molecule has 1 aliphatic rings. The highest BCUT2D eigenvalue weighted by Crippen LogP contribution is 2.28. The van der Waals surface area contributed by atoms with Gasteiger partial charge in [-0.05, 0) is 20.3 Å². The highest BCUT2D eigenvalue weighted by atomic mass is 16.5. The highest BCUT2D eigenvalue weighted by Gasteiger charge is 2.29. The maximum Gasteiger partial charge on any atom is 0.114 e. The van der Waals surface area contributed by atoms with E-state index in [-0.39, 0.29) is 12.1 Å². The summed E-state index contributed by atoms with van der Waals surface area (Å²) in [5.41, 5.74) is 7.07. The minimum atomic E-state index is 0.0277. The third-order valence-corrected chi connectivity index (χ3v) is 2.68. The van der Waals surface area contributed by atoms with Gasteiger partial charge < -0.3 is 15.0 Å². The summed E-state index contributed by atoms with van der Waals surface area (Å²) in [6.07, 6.45) is 4.66. The van der Waals surface area contributed by atoms with Gasteiger partial charge in [-0.25, -0.2) is 4.98 Å². The Bertz CT molecular complexity index is 308. The second-order valence-electron chi connectivity index (χ2n) is 4.06. The molecule has 0 saturated carbocycles. The standard InChI is InChI=1S/C10H17N3O/c1-7(2)13-6-12-5-9(13)10-8(11)3-4-14-10/h5-8,10H,3-4,11H2,1-2H3. The van der Waals surface area contributed by atoms with Gasteiger partial charge in [-0.2, -0.15) is 0 Å². The highest BCUT2D eigenvalue weighted by molar-refractivity contribution is 5.08. The number of hydrogen-bond acceptors (Lipinski definition) is 3. The van der Waals surface area contributed by atoms with E-state index >= 15 is 0 Å². The molecule has 14 heavy (non-hydrogen) atoms. The van der Waals surface area contributed by atoms with Crippen molar-refractivity contribution in [2.75, 3.05) is 6.61 Å². The van der Waals surface area contributed by atoms with Crippen LogP contribution in [0.4, 0.5) is 0 Å². The Hall–Kier alpha value is -0.870. The van der Waals surface area contributed by atoms with E-state index in [0.29, 0.717) is 6.04 Å². The Balaban J connectivity index is 2.26. The van der Waals surface area contributed by atoms with Crippen LogP contribution in [0.2, 0.25) is 0 Å². The Morgan fingerprint density at radius 3 is 3.00 bits per heavy atom. The molecule has 1 fully saturated rings. The summed E-state index contributed by atoms with van der Waals surface area (Å²) in [6.45, 7) is 5.02. The summed E-state index contributed by atoms with van der Waals surface area (Å²) >= 11 is 0. The molecule has 78 valence electrons. The third-order valence-electron chi connectivity index (χ3n) is 2.68. The second kappa shape index (κ2) is 3.71. The Labute approximate surface area is 84.1 Å². The average Bonchev–Trinajstić information content (AvgIpc) is 2.70. The van der Waals surface area contributed by atoms with Crippen molar-refractivity contribution in [3.05, 3.63) is 18.2 Å². The van der Waals surface area contributed by atoms with Crippen molar-refractivity contribution >= 4 is 0 Å². The summed E-state index contributed by atoms with van der Waals surface area (Å²) in [7, 11) is 0. The van der Waals surface area contributed by atoms with E-state index in [1.165, 1.54) is 0 Å². The summed E-state index contributed by atoms with van der Waals surface area (Å²) in [5, 5.41) is 0. The Morgan fingerprint density at radius 1 is 1.64 bits per heavy atom. The van der Waals surface area contributed by atoms with Crippen LogP contribution in [0.3, 0.4) is 0 Å². The molecule has 2 atom stereocenters. The van der Waals surface area contributed by atoms with E-state index in [1.54, 1.807) is 0 Å². The molecule has 0 amide bonds. The molecule has 0 radical (unpaired) electrons. The zero-order chi connectivity index (χ0) is 10.1. The lowest BCUT2D eigenvalue weighted by Gasteiger charge is -2.18. The number of nitrogens with zero attached hydrogens (tertiary/aromatic N) is 2. The van der Waals surface area contributed by atoms with Crippen LogP contribution in [0.15, 0.2) is 12.5 Å². The van der Waals surface area contributed by atoms with E-state index in [4.69, 9.17) is 10.5 Å². The van der Waals surface area contributed by atoms with E-state index in [1.807, 2.05) is 12.5 Å². The molecule has 0 aliphatic carbocycles. The maximum atomic E-state index is 5.97. The van der Waals surface area contributed by atoms with Crippen molar-refractivity contribution in [3.63, 3.8) is 0 Å². The molecular weight excluding hydrogens is 178 g/mol. The molecule has 2 unspecified atom stereocenters. The van der Waals surface area contributed by atoms with Crippen LogP contribution in [0.25, 0.3) is 0 Å². The number of nitrogens with two attached hydrogens (primary N) is 1. The number of rotatable bonds is 2. The van der Waals surface area contributed by atoms with Gasteiger partial charge in [0.2, 0.25) is 0 Å². The molecular formula is C10H17N3O. The van der Waals surface area contributed by atoms with Crippen LogP contribution >= 0.6 is 0 Å². The van der Waals surface area contributed by atoms with Crippen molar-refractivity contribution in [3.8, 4) is 0 Å². The average molecular weight is 195 g/mol. The van der Waals surface area contributed by atoms with Gasteiger partial charge in [0.15, 0.2) is 0 Å². The smallest absolute Gasteiger partial charge is 0.114 e. The Morgan fingerprint density at radius 2 is 2.43 bits per heavy atom. The summed E-state index contributed by atoms with van der Waals surface area (Å²) in [4.78, 5) is 4.15. The molecule has 2 rings (SSSR count). The van der Waals surface area contributed by atoms with E-state index in [0.717, 1.165) is 18.7 Å². The van der Waals surface area contributed by atoms with Crippen LogP contribution in [-0.2, 0) is 4.74 Å². The minimum absolute atomic E-state index is 0.0277. The number of hydrogen-bond donors (Lipinski definition) is 1. The summed E-state index contributed by atoms with van der Waals surface area (Å²) < 4.78 is 7.74. The monoisotopic (exact) mass is 195 g/mol. The molecule has 2 heterocycles. The quantitative estimate of drug-likeness (QED) is 0.772. The molecule has 4 nitrogen and oxygen atoms in total. The molecule has 0 spiro atoms. The van der Waals surface area contributed by atoms with Gasteiger partial charge in [0, 0.05) is 18.7 Å². The topological polar surface area (TPSA) is 53.1 Å². The molecule has 1 aromatic heterocycles. The van der Waals surface area contributed by atoms with Crippen molar-refractivity contribution in [2.45, 2.75) is 38.5 Å².